The molecular formula is C7H12O3. The number of carbonyl (C=O) groups is 1. The molecule has 0 aromatic rings. The Morgan fingerprint density at radius 3 is 2.40 bits per heavy atom. The molecule has 0 aromatic carbocycles. The van der Waals surface area contributed by atoms with Crippen LogP contribution < -0.4 is 0 Å². The zero-order valence-corrected chi connectivity index (χ0v) is 6.20. The second-order valence-electron chi connectivity index (χ2n) is 2.92. The van der Waals surface area contributed by atoms with Gasteiger partial charge in [-0.15, -0.1) is 0 Å². The predicted molar refractivity (Wildman–Crippen MR) is 35.8 cm³/mol. The van der Waals surface area contributed by atoms with Gasteiger partial charge in [0.05, 0.1) is 6.10 Å². The monoisotopic (exact) mass is 144 g/mol. The molecule has 3 atom stereocenters. The van der Waals surface area contributed by atoms with Crippen molar-refractivity contribution in [2.45, 2.75) is 32.5 Å². The second-order valence-corrected chi connectivity index (χ2v) is 2.92. The maximum atomic E-state index is 10.4. The molecule has 0 radical (unpaired) electrons. The molecule has 1 fully saturated rings. The van der Waals surface area contributed by atoms with E-state index in [1.807, 2.05) is 13.8 Å². The summed E-state index contributed by atoms with van der Waals surface area (Å²) in [7, 11) is 0. The van der Waals surface area contributed by atoms with Gasteiger partial charge in [-0.25, -0.2) is 4.79 Å². The minimum Gasteiger partial charge on any atom is -0.479 e. The summed E-state index contributed by atoms with van der Waals surface area (Å²) in [6, 6.07) is 0. The number of aliphatic carboxylic acids is 1. The van der Waals surface area contributed by atoms with E-state index in [9.17, 15) is 4.79 Å². The molecule has 0 spiro atoms. The van der Waals surface area contributed by atoms with Crippen LogP contribution in [0.2, 0.25) is 0 Å². The first-order chi connectivity index (χ1) is 4.61. The average Bonchev–Trinajstić information content (AvgIpc) is 2.10. The first-order valence-corrected chi connectivity index (χ1v) is 3.49. The zero-order valence-electron chi connectivity index (χ0n) is 6.20. The molecular weight excluding hydrogens is 132 g/mol. The van der Waals surface area contributed by atoms with Gasteiger partial charge >= 0.3 is 5.97 Å². The minimum absolute atomic E-state index is 0.107. The van der Waals surface area contributed by atoms with Crippen molar-refractivity contribution in [3.05, 3.63) is 0 Å². The maximum Gasteiger partial charge on any atom is 0.333 e. The number of hydrogen-bond donors (Lipinski definition) is 1. The largest absolute Gasteiger partial charge is 0.479 e. The first-order valence-electron chi connectivity index (χ1n) is 3.49. The lowest BCUT2D eigenvalue weighted by Crippen LogP contribution is -2.24. The van der Waals surface area contributed by atoms with Gasteiger partial charge in [-0.05, 0) is 19.3 Å². The Hall–Kier alpha value is -0.570. The van der Waals surface area contributed by atoms with Crippen LogP contribution in [-0.4, -0.2) is 23.3 Å². The third-order valence-corrected chi connectivity index (χ3v) is 1.84. The van der Waals surface area contributed by atoms with E-state index in [1.165, 1.54) is 0 Å². The highest BCUT2D eigenvalue weighted by atomic mass is 16.5. The predicted octanol–water partition coefficient (Wildman–Crippen LogP) is 0.885. The molecule has 3 nitrogen and oxygen atoms in total. The van der Waals surface area contributed by atoms with E-state index in [2.05, 4.69) is 0 Å². The van der Waals surface area contributed by atoms with Crippen LogP contribution in [-0.2, 0) is 9.53 Å². The van der Waals surface area contributed by atoms with E-state index in [0.29, 0.717) is 0 Å². The standard InChI is InChI=1S/C7H12O3/c1-4-3-5(2)10-6(4)7(8)9/h4-6H,3H2,1-2H3,(H,8,9)/t4-,5-,6-/m1/s1. The van der Waals surface area contributed by atoms with Crippen LogP contribution in [0.25, 0.3) is 0 Å². The van der Waals surface area contributed by atoms with Crippen molar-refractivity contribution < 1.29 is 14.6 Å². The quantitative estimate of drug-likeness (QED) is 0.594. The molecule has 0 aliphatic carbocycles. The molecule has 1 rings (SSSR count). The Morgan fingerprint density at radius 2 is 2.20 bits per heavy atom. The number of carboxylic acids is 1. The van der Waals surface area contributed by atoms with Crippen LogP contribution in [0.5, 0.6) is 0 Å². The average molecular weight is 144 g/mol. The van der Waals surface area contributed by atoms with Crippen molar-refractivity contribution in [1.82, 2.24) is 0 Å². The molecule has 0 bridgehead atoms. The van der Waals surface area contributed by atoms with Gasteiger partial charge < -0.3 is 9.84 Å². The molecule has 1 aliphatic heterocycles. The van der Waals surface area contributed by atoms with Crippen molar-refractivity contribution in [1.29, 1.82) is 0 Å². The number of ether oxygens (including phenoxy) is 1. The molecule has 1 saturated heterocycles. The Kier molecular flexibility index (Phi) is 1.94. The van der Waals surface area contributed by atoms with Crippen molar-refractivity contribution >= 4 is 5.97 Å². The summed E-state index contributed by atoms with van der Waals surface area (Å²) in [6.45, 7) is 3.81. The maximum absolute atomic E-state index is 10.4. The molecule has 1 heterocycles. The van der Waals surface area contributed by atoms with Gasteiger partial charge in [0.25, 0.3) is 0 Å². The molecule has 3 heteroatoms. The van der Waals surface area contributed by atoms with Crippen molar-refractivity contribution in [2.75, 3.05) is 0 Å². The van der Waals surface area contributed by atoms with Gasteiger partial charge in [-0.1, -0.05) is 6.92 Å². The summed E-state index contributed by atoms with van der Waals surface area (Å²) < 4.78 is 5.14. The Morgan fingerprint density at radius 1 is 1.60 bits per heavy atom. The van der Waals surface area contributed by atoms with Crippen LogP contribution in [0.3, 0.4) is 0 Å². The summed E-state index contributed by atoms with van der Waals surface area (Å²) in [6.07, 6.45) is 0.392. The molecule has 0 unspecified atom stereocenters. The van der Waals surface area contributed by atoms with Crippen molar-refractivity contribution in [2.24, 2.45) is 5.92 Å². The fourth-order valence-corrected chi connectivity index (χ4v) is 1.39. The fraction of sp³-hybridized carbons (Fsp3) is 0.857. The number of hydrogen-bond acceptors (Lipinski definition) is 2. The van der Waals surface area contributed by atoms with E-state index >= 15 is 0 Å². The third-order valence-electron chi connectivity index (χ3n) is 1.84. The van der Waals surface area contributed by atoms with E-state index in [4.69, 9.17) is 9.84 Å². The Labute approximate surface area is 60.0 Å². The van der Waals surface area contributed by atoms with Gasteiger partial charge in [0, 0.05) is 0 Å². The van der Waals surface area contributed by atoms with Gasteiger partial charge in [0.15, 0.2) is 6.10 Å². The summed E-state index contributed by atoms with van der Waals surface area (Å²) in [4.78, 5) is 10.4. The lowest BCUT2D eigenvalue weighted by atomic mass is 10.0. The van der Waals surface area contributed by atoms with Crippen LogP contribution in [0, 0.1) is 5.92 Å². The third kappa shape index (κ3) is 1.29. The Bertz CT molecular complexity index is 144. The van der Waals surface area contributed by atoms with Crippen LogP contribution in [0.4, 0.5) is 0 Å². The topological polar surface area (TPSA) is 46.5 Å². The zero-order chi connectivity index (χ0) is 7.72. The molecule has 58 valence electrons. The Balaban J connectivity index is 2.54. The van der Waals surface area contributed by atoms with Crippen LogP contribution in [0.15, 0.2) is 0 Å². The van der Waals surface area contributed by atoms with E-state index < -0.39 is 12.1 Å². The van der Waals surface area contributed by atoms with Gasteiger partial charge in [0.1, 0.15) is 0 Å². The minimum atomic E-state index is -0.836. The molecule has 0 aromatic heterocycles. The molecule has 1 N–H and O–H groups in total. The first kappa shape index (κ1) is 7.54. The highest BCUT2D eigenvalue weighted by Crippen LogP contribution is 2.25. The summed E-state index contributed by atoms with van der Waals surface area (Å²) in [5, 5.41) is 8.58. The molecule has 0 saturated carbocycles. The normalized spacial score (nSPS) is 40.0. The van der Waals surface area contributed by atoms with E-state index in [-0.39, 0.29) is 12.0 Å². The molecule has 1 aliphatic rings. The molecule has 10 heavy (non-hydrogen) atoms. The number of carboxylic acid groups (broad SMARTS) is 1. The summed E-state index contributed by atoms with van der Waals surface area (Å²) in [5.74, 6) is -0.677. The van der Waals surface area contributed by atoms with Gasteiger partial charge in [-0.2, -0.15) is 0 Å². The lowest BCUT2D eigenvalue weighted by molar-refractivity contribution is -0.150. The highest BCUT2D eigenvalue weighted by molar-refractivity contribution is 5.73. The second kappa shape index (κ2) is 2.58. The number of rotatable bonds is 1. The van der Waals surface area contributed by atoms with Gasteiger partial charge in [0.2, 0.25) is 0 Å². The van der Waals surface area contributed by atoms with E-state index in [0.717, 1.165) is 6.42 Å². The lowest BCUT2D eigenvalue weighted by Gasteiger charge is -2.07. The smallest absolute Gasteiger partial charge is 0.333 e. The highest BCUT2D eigenvalue weighted by Gasteiger charge is 2.34. The van der Waals surface area contributed by atoms with E-state index in [1.54, 1.807) is 0 Å². The summed E-state index contributed by atoms with van der Waals surface area (Å²) in [5.41, 5.74) is 0. The summed E-state index contributed by atoms with van der Waals surface area (Å²) >= 11 is 0. The van der Waals surface area contributed by atoms with Crippen molar-refractivity contribution in [3.63, 3.8) is 0 Å². The SMILES string of the molecule is C[C@@H]1C[C@@H](C)[C@H](C(=O)O)O1. The van der Waals surface area contributed by atoms with Gasteiger partial charge in [-0.3, -0.25) is 0 Å². The fourth-order valence-electron chi connectivity index (χ4n) is 1.39. The van der Waals surface area contributed by atoms with Crippen molar-refractivity contribution in [3.8, 4) is 0 Å². The van der Waals surface area contributed by atoms with Crippen LogP contribution in [0.1, 0.15) is 20.3 Å². The molecule has 0 amide bonds. The van der Waals surface area contributed by atoms with Crippen LogP contribution >= 0.6 is 0 Å².